The molecule has 0 aromatic heterocycles. The zero-order chi connectivity index (χ0) is 16.7. The standard InChI is InChI=1S/C19H29NO3/c1-15-8-6-9-16(2)20(15)12-4-5-13-23-19-17(14-21)10-7-11-18(19)22-3/h7,10-11,14-16H,4-6,8-9,12-13H2,1-3H3/t15-,16-/m0/s1. The SMILES string of the molecule is COc1cccc(C=O)c1OCCCCN1[C@@H](C)CCC[C@@H]1C. The van der Waals surface area contributed by atoms with Crippen LogP contribution in [0, 0.1) is 0 Å². The monoisotopic (exact) mass is 319 g/mol. The van der Waals surface area contributed by atoms with Gasteiger partial charge in [-0.3, -0.25) is 9.69 Å². The number of carbonyl (C=O) groups is 1. The average molecular weight is 319 g/mol. The smallest absolute Gasteiger partial charge is 0.171 e. The van der Waals surface area contributed by atoms with Gasteiger partial charge in [-0.05, 0) is 58.2 Å². The molecule has 0 bridgehead atoms. The largest absolute Gasteiger partial charge is 0.493 e. The molecule has 1 aliphatic heterocycles. The summed E-state index contributed by atoms with van der Waals surface area (Å²) in [6, 6.07) is 6.75. The molecule has 0 radical (unpaired) electrons. The molecule has 0 spiro atoms. The number of benzene rings is 1. The first-order valence-electron chi connectivity index (χ1n) is 8.68. The fourth-order valence-corrected chi connectivity index (χ4v) is 3.43. The summed E-state index contributed by atoms with van der Waals surface area (Å²) < 4.78 is 11.1. The number of carbonyl (C=O) groups excluding carboxylic acids is 1. The Morgan fingerprint density at radius 1 is 1.22 bits per heavy atom. The van der Waals surface area contributed by atoms with Gasteiger partial charge in [0, 0.05) is 12.1 Å². The number of nitrogens with zero attached hydrogens (tertiary/aromatic N) is 1. The maximum Gasteiger partial charge on any atom is 0.171 e. The Kier molecular flexibility index (Phi) is 6.90. The van der Waals surface area contributed by atoms with Crippen LogP contribution in [0.1, 0.15) is 56.3 Å². The van der Waals surface area contributed by atoms with Crippen LogP contribution in [-0.2, 0) is 0 Å². The Labute approximate surface area is 139 Å². The van der Waals surface area contributed by atoms with Crippen LogP contribution in [0.4, 0.5) is 0 Å². The number of rotatable bonds is 8. The molecule has 0 aliphatic carbocycles. The molecule has 0 N–H and O–H groups in total. The van der Waals surface area contributed by atoms with E-state index in [9.17, 15) is 4.79 Å². The van der Waals surface area contributed by atoms with Crippen molar-refractivity contribution in [1.29, 1.82) is 0 Å². The second-order valence-electron chi connectivity index (χ2n) is 6.42. The summed E-state index contributed by atoms with van der Waals surface area (Å²) >= 11 is 0. The van der Waals surface area contributed by atoms with E-state index in [2.05, 4.69) is 18.7 Å². The fraction of sp³-hybridized carbons (Fsp3) is 0.632. The van der Waals surface area contributed by atoms with E-state index in [-0.39, 0.29) is 0 Å². The maximum absolute atomic E-state index is 11.1. The normalized spacial score (nSPS) is 21.9. The number of unbranched alkanes of at least 4 members (excludes halogenated alkanes) is 1. The maximum atomic E-state index is 11.1. The number of likely N-dealkylation sites (tertiary alicyclic amines) is 1. The number of piperidine rings is 1. The average Bonchev–Trinajstić information content (AvgIpc) is 2.56. The number of para-hydroxylation sites is 1. The summed E-state index contributed by atoms with van der Waals surface area (Å²) in [6.07, 6.45) is 6.88. The minimum absolute atomic E-state index is 0.544. The van der Waals surface area contributed by atoms with Gasteiger partial charge in [-0.2, -0.15) is 0 Å². The van der Waals surface area contributed by atoms with Crippen LogP contribution in [0.5, 0.6) is 11.5 Å². The Bertz CT molecular complexity index is 493. The van der Waals surface area contributed by atoms with E-state index in [0.717, 1.165) is 25.7 Å². The van der Waals surface area contributed by atoms with E-state index in [1.165, 1.54) is 19.3 Å². The topological polar surface area (TPSA) is 38.8 Å². The highest BCUT2D eigenvalue weighted by molar-refractivity contribution is 5.81. The van der Waals surface area contributed by atoms with Crippen LogP contribution >= 0.6 is 0 Å². The van der Waals surface area contributed by atoms with E-state index >= 15 is 0 Å². The first-order valence-corrected chi connectivity index (χ1v) is 8.68. The summed E-state index contributed by atoms with van der Waals surface area (Å²) in [5.41, 5.74) is 0.544. The molecule has 4 nitrogen and oxygen atoms in total. The first-order chi connectivity index (χ1) is 11.2. The molecule has 1 saturated heterocycles. The number of aldehydes is 1. The predicted octanol–water partition coefficient (Wildman–Crippen LogP) is 3.93. The van der Waals surface area contributed by atoms with Gasteiger partial charge in [0.2, 0.25) is 0 Å². The van der Waals surface area contributed by atoms with Crippen LogP contribution in [0.2, 0.25) is 0 Å². The predicted molar refractivity (Wildman–Crippen MR) is 92.6 cm³/mol. The van der Waals surface area contributed by atoms with Gasteiger partial charge in [0.1, 0.15) is 0 Å². The van der Waals surface area contributed by atoms with Crippen LogP contribution in [0.25, 0.3) is 0 Å². The van der Waals surface area contributed by atoms with Crippen LogP contribution in [0.15, 0.2) is 18.2 Å². The second kappa shape index (κ2) is 8.92. The van der Waals surface area contributed by atoms with Crippen LogP contribution in [0.3, 0.4) is 0 Å². The number of hydrogen-bond donors (Lipinski definition) is 0. The highest BCUT2D eigenvalue weighted by atomic mass is 16.5. The van der Waals surface area contributed by atoms with Crippen molar-refractivity contribution in [3.63, 3.8) is 0 Å². The van der Waals surface area contributed by atoms with Crippen LogP contribution < -0.4 is 9.47 Å². The lowest BCUT2D eigenvalue weighted by molar-refractivity contribution is 0.0994. The third-order valence-corrected chi connectivity index (χ3v) is 4.79. The van der Waals surface area contributed by atoms with Crippen molar-refractivity contribution >= 4 is 6.29 Å². The summed E-state index contributed by atoms with van der Waals surface area (Å²) in [6.45, 7) is 6.39. The van der Waals surface area contributed by atoms with E-state index in [0.29, 0.717) is 35.8 Å². The summed E-state index contributed by atoms with van der Waals surface area (Å²) in [7, 11) is 1.59. The molecule has 4 heteroatoms. The molecule has 1 aromatic rings. The van der Waals surface area contributed by atoms with Crippen molar-refractivity contribution in [2.24, 2.45) is 0 Å². The van der Waals surface area contributed by atoms with Crippen molar-refractivity contribution < 1.29 is 14.3 Å². The minimum Gasteiger partial charge on any atom is -0.493 e. The molecule has 0 amide bonds. The Morgan fingerprint density at radius 3 is 2.61 bits per heavy atom. The van der Waals surface area contributed by atoms with E-state index in [1.54, 1.807) is 19.2 Å². The minimum atomic E-state index is 0.544. The Hall–Kier alpha value is -1.55. The van der Waals surface area contributed by atoms with Gasteiger partial charge in [0.25, 0.3) is 0 Å². The molecule has 1 aromatic carbocycles. The quantitative estimate of drug-likeness (QED) is 0.537. The lowest BCUT2D eigenvalue weighted by Crippen LogP contribution is -2.44. The van der Waals surface area contributed by atoms with Crippen molar-refractivity contribution in [3.05, 3.63) is 23.8 Å². The molecule has 1 heterocycles. The molecular weight excluding hydrogens is 290 g/mol. The fourth-order valence-electron chi connectivity index (χ4n) is 3.43. The highest BCUT2D eigenvalue weighted by Gasteiger charge is 2.23. The Morgan fingerprint density at radius 2 is 1.96 bits per heavy atom. The zero-order valence-electron chi connectivity index (χ0n) is 14.6. The van der Waals surface area contributed by atoms with Crippen molar-refractivity contribution in [3.8, 4) is 11.5 Å². The number of methoxy groups -OCH3 is 1. The molecule has 0 saturated carbocycles. The van der Waals surface area contributed by atoms with Crippen LogP contribution in [-0.4, -0.2) is 43.5 Å². The molecule has 2 atom stereocenters. The molecule has 1 aliphatic rings. The number of hydrogen-bond acceptors (Lipinski definition) is 4. The van der Waals surface area contributed by atoms with E-state index < -0.39 is 0 Å². The molecule has 0 unspecified atom stereocenters. The summed E-state index contributed by atoms with van der Waals surface area (Å²) in [4.78, 5) is 13.7. The number of ether oxygens (including phenoxy) is 2. The molecule has 23 heavy (non-hydrogen) atoms. The third-order valence-electron chi connectivity index (χ3n) is 4.79. The van der Waals surface area contributed by atoms with Gasteiger partial charge < -0.3 is 9.47 Å². The van der Waals surface area contributed by atoms with E-state index in [4.69, 9.17) is 9.47 Å². The first kappa shape index (κ1) is 17.8. The zero-order valence-corrected chi connectivity index (χ0v) is 14.6. The van der Waals surface area contributed by atoms with Crippen molar-refractivity contribution in [2.45, 2.75) is 58.0 Å². The third kappa shape index (κ3) is 4.71. The van der Waals surface area contributed by atoms with Crippen molar-refractivity contribution in [2.75, 3.05) is 20.3 Å². The van der Waals surface area contributed by atoms with E-state index in [1.807, 2.05) is 6.07 Å². The van der Waals surface area contributed by atoms with Gasteiger partial charge in [-0.1, -0.05) is 12.5 Å². The molecule has 2 rings (SSSR count). The highest BCUT2D eigenvalue weighted by Crippen LogP contribution is 2.30. The van der Waals surface area contributed by atoms with Gasteiger partial charge >= 0.3 is 0 Å². The molecule has 1 fully saturated rings. The lowest BCUT2D eigenvalue weighted by Gasteiger charge is -2.39. The summed E-state index contributed by atoms with van der Waals surface area (Å²) in [5.74, 6) is 1.18. The van der Waals surface area contributed by atoms with Gasteiger partial charge in [-0.25, -0.2) is 0 Å². The lowest BCUT2D eigenvalue weighted by atomic mass is 9.97. The Balaban J connectivity index is 1.78. The summed E-state index contributed by atoms with van der Waals surface area (Å²) in [5, 5.41) is 0. The van der Waals surface area contributed by atoms with Crippen molar-refractivity contribution in [1.82, 2.24) is 4.90 Å². The molecular formula is C19H29NO3. The second-order valence-corrected chi connectivity index (χ2v) is 6.42. The van der Waals surface area contributed by atoms with Gasteiger partial charge in [0.15, 0.2) is 17.8 Å². The van der Waals surface area contributed by atoms with Gasteiger partial charge in [-0.15, -0.1) is 0 Å². The molecule has 128 valence electrons. The van der Waals surface area contributed by atoms with Gasteiger partial charge in [0.05, 0.1) is 19.3 Å².